The zero-order chi connectivity index (χ0) is 29.8. The summed E-state index contributed by atoms with van der Waals surface area (Å²) in [5, 5.41) is 12.9. The number of piperidine rings is 1. The number of amides is 1. The van der Waals surface area contributed by atoms with Gasteiger partial charge in [-0.15, -0.1) is 11.3 Å². The molecule has 1 saturated heterocycles. The van der Waals surface area contributed by atoms with Crippen molar-refractivity contribution in [2.45, 2.75) is 32.4 Å². The molecule has 9 nitrogen and oxygen atoms in total. The second-order valence-electron chi connectivity index (χ2n) is 10.4. The van der Waals surface area contributed by atoms with E-state index in [0.29, 0.717) is 21.7 Å². The van der Waals surface area contributed by atoms with Crippen molar-refractivity contribution < 1.29 is 19.4 Å². The van der Waals surface area contributed by atoms with Gasteiger partial charge in [0.2, 0.25) is 0 Å². The van der Waals surface area contributed by atoms with E-state index in [4.69, 9.17) is 26.2 Å². The molecule has 1 amide bonds. The molecule has 0 saturated carbocycles. The SMILES string of the molecule is CC(=O)O.COc1ccc(C=NNC(=O)c2sc3ccccc3c2Cl)cc1CN1CC2CC(C1)c1cccc(=O)n1C2. The van der Waals surface area contributed by atoms with Gasteiger partial charge in [-0.25, -0.2) is 5.43 Å². The predicted molar refractivity (Wildman–Crippen MR) is 165 cm³/mol. The Morgan fingerprint density at radius 3 is 2.69 bits per heavy atom. The van der Waals surface area contributed by atoms with Crippen LogP contribution in [0.25, 0.3) is 10.1 Å². The number of nitrogens with one attached hydrogen (secondary N) is 1. The number of hydrazone groups is 1. The van der Waals surface area contributed by atoms with E-state index in [0.717, 1.165) is 72.2 Å². The summed E-state index contributed by atoms with van der Waals surface area (Å²) < 4.78 is 8.57. The minimum atomic E-state index is -0.833. The quantitative estimate of drug-likeness (QED) is 0.230. The third-order valence-corrected chi connectivity index (χ3v) is 9.05. The van der Waals surface area contributed by atoms with Crippen LogP contribution in [0.1, 0.15) is 45.8 Å². The van der Waals surface area contributed by atoms with Gasteiger partial charge in [-0.05, 0) is 48.2 Å². The van der Waals surface area contributed by atoms with Gasteiger partial charge in [-0.2, -0.15) is 5.10 Å². The molecule has 2 bridgehead atoms. The van der Waals surface area contributed by atoms with Crippen LogP contribution in [-0.2, 0) is 17.9 Å². The minimum absolute atomic E-state index is 0.0982. The predicted octanol–water partition coefficient (Wildman–Crippen LogP) is 5.20. The largest absolute Gasteiger partial charge is 0.496 e. The van der Waals surface area contributed by atoms with Crippen LogP contribution < -0.4 is 15.7 Å². The first-order valence-corrected chi connectivity index (χ1v) is 14.7. The summed E-state index contributed by atoms with van der Waals surface area (Å²) in [7, 11) is 1.68. The molecule has 42 heavy (non-hydrogen) atoms. The number of fused-ring (bicyclic) bond motifs is 5. The standard InChI is InChI=1S/C29H27ClN4O3S.C2H4O2/c1-37-24-10-9-18(13-31-32-29(36)28-27(30)22-5-2-3-7-25(22)38-28)11-21(24)17-33-14-19-12-20(16-33)23-6-4-8-26(35)34(23)15-19;1-2(3)4/h2-11,13,19-20H,12,14-17H2,1H3,(H,32,36);1H3,(H,3,4). The molecule has 6 rings (SSSR count). The van der Waals surface area contributed by atoms with Crippen LogP contribution in [0.3, 0.4) is 0 Å². The number of carboxylic acid groups (broad SMARTS) is 1. The van der Waals surface area contributed by atoms with Crippen LogP contribution in [0.15, 0.2) is 70.6 Å². The summed E-state index contributed by atoms with van der Waals surface area (Å²) in [6, 6.07) is 19.2. The monoisotopic (exact) mass is 606 g/mol. The lowest BCUT2D eigenvalue weighted by molar-refractivity contribution is -0.134. The lowest BCUT2D eigenvalue weighted by atomic mass is 9.83. The molecule has 4 heterocycles. The molecule has 2 aliphatic rings. The molecule has 218 valence electrons. The maximum atomic E-state index is 12.7. The van der Waals surface area contributed by atoms with Crippen molar-refractivity contribution in [1.82, 2.24) is 14.9 Å². The number of aliphatic carboxylic acids is 1. The molecule has 4 aromatic rings. The Morgan fingerprint density at radius 1 is 1.14 bits per heavy atom. The summed E-state index contributed by atoms with van der Waals surface area (Å²) in [5.74, 6) is 0.451. The van der Waals surface area contributed by atoms with Crippen molar-refractivity contribution in [3.8, 4) is 5.75 Å². The number of nitrogens with zero attached hydrogens (tertiary/aromatic N) is 3. The molecule has 2 aromatic heterocycles. The Labute approximate surface area is 252 Å². The van der Waals surface area contributed by atoms with Gasteiger partial charge >= 0.3 is 0 Å². The molecule has 0 spiro atoms. The number of rotatable bonds is 6. The molecule has 11 heteroatoms. The highest BCUT2D eigenvalue weighted by atomic mass is 35.5. The van der Waals surface area contributed by atoms with E-state index in [2.05, 4.69) is 21.5 Å². The van der Waals surface area contributed by atoms with E-state index in [9.17, 15) is 9.59 Å². The Morgan fingerprint density at radius 2 is 1.93 bits per heavy atom. The van der Waals surface area contributed by atoms with Gasteiger partial charge < -0.3 is 14.4 Å². The molecule has 1 fully saturated rings. The number of hydrogen-bond acceptors (Lipinski definition) is 7. The van der Waals surface area contributed by atoms with Crippen LogP contribution in [0.5, 0.6) is 5.75 Å². The number of halogens is 1. The van der Waals surface area contributed by atoms with Crippen molar-refractivity contribution in [3.05, 3.63) is 97.7 Å². The van der Waals surface area contributed by atoms with Crippen molar-refractivity contribution >= 4 is 51.1 Å². The second-order valence-corrected chi connectivity index (χ2v) is 11.9. The van der Waals surface area contributed by atoms with Gasteiger partial charge in [0.25, 0.3) is 17.4 Å². The number of pyridine rings is 1. The number of hydrogen-bond donors (Lipinski definition) is 2. The third kappa shape index (κ3) is 6.56. The fourth-order valence-electron chi connectivity index (χ4n) is 5.74. The average Bonchev–Trinajstić information content (AvgIpc) is 3.30. The molecule has 2 aliphatic heterocycles. The Bertz CT molecular complexity index is 1710. The van der Waals surface area contributed by atoms with Crippen LogP contribution >= 0.6 is 22.9 Å². The third-order valence-electron chi connectivity index (χ3n) is 7.37. The second kappa shape index (κ2) is 12.9. The number of aromatic nitrogens is 1. The van der Waals surface area contributed by atoms with Gasteiger partial charge in [-0.1, -0.05) is 35.9 Å². The summed E-state index contributed by atoms with van der Waals surface area (Å²) in [6.07, 6.45) is 2.75. The number of thiophene rings is 1. The molecule has 2 N–H and O–H groups in total. The van der Waals surface area contributed by atoms with E-state index < -0.39 is 5.97 Å². The van der Waals surface area contributed by atoms with Crippen molar-refractivity contribution in [1.29, 1.82) is 0 Å². The van der Waals surface area contributed by atoms with E-state index in [1.807, 2.05) is 53.1 Å². The maximum Gasteiger partial charge on any atom is 0.300 e. The summed E-state index contributed by atoms with van der Waals surface area (Å²) in [5.41, 5.74) is 5.76. The average molecular weight is 607 g/mol. The lowest BCUT2D eigenvalue weighted by Crippen LogP contribution is -2.46. The number of methoxy groups -OCH3 is 1. The van der Waals surface area contributed by atoms with Gasteiger partial charge in [0.1, 0.15) is 10.6 Å². The molecular formula is C31H31ClN4O5S. The highest BCUT2D eigenvalue weighted by Crippen LogP contribution is 2.37. The fraction of sp³-hybridized carbons (Fsp3) is 0.290. The summed E-state index contributed by atoms with van der Waals surface area (Å²) in [6.45, 7) is 4.42. The minimum Gasteiger partial charge on any atom is -0.496 e. The first-order chi connectivity index (χ1) is 20.2. The number of ether oxygens (including phenoxy) is 1. The Kier molecular flexibility index (Phi) is 9.06. The van der Waals surface area contributed by atoms with Gasteiger partial charge in [0, 0.05) is 66.4 Å². The molecular weight excluding hydrogens is 576 g/mol. The Balaban J connectivity index is 0.000000830. The van der Waals surface area contributed by atoms with E-state index in [1.54, 1.807) is 19.4 Å². The molecule has 2 unspecified atom stereocenters. The smallest absolute Gasteiger partial charge is 0.300 e. The van der Waals surface area contributed by atoms with Crippen LogP contribution in [0, 0.1) is 5.92 Å². The van der Waals surface area contributed by atoms with Crippen LogP contribution in [0.2, 0.25) is 5.02 Å². The molecule has 0 radical (unpaired) electrons. The number of carboxylic acids is 1. The van der Waals surface area contributed by atoms with Crippen LogP contribution in [-0.4, -0.2) is 52.9 Å². The van der Waals surface area contributed by atoms with Crippen molar-refractivity contribution in [2.75, 3.05) is 20.2 Å². The number of carbonyl (C=O) groups is 2. The van der Waals surface area contributed by atoms with Gasteiger partial charge in [-0.3, -0.25) is 19.3 Å². The summed E-state index contributed by atoms with van der Waals surface area (Å²) in [4.78, 5) is 36.9. The fourth-order valence-corrected chi connectivity index (χ4v) is 7.15. The number of carbonyl (C=O) groups excluding carboxylic acids is 1. The zero-order valence-corrected chi connectivity index (χ0v) is 24.8. The van der Waals surface area contributed by atoms with Gasteiger partial charge in [0.05, 0.1) is 18.3 Å². The van der Waals surface area contributed by atoms with Gasteiger partial charge in [0.15, 0.2) is 0 Å². The highest BCUT2D eigenvalue weighted by molar-refractivity contribution is 7.21. The molecule has 2 aromatic carbocycles. The van der Waals surface area contributed by atoms with E-state index in [1.165, 1.54) is 11.3 Å². The highest BCUT2D eigenvalue weighted by Gasteiger charge is 2.34. The van der Waals surface area contributed by atoms with E-state index in [-0.39, 0.29) is 11.5 Å². The molecule has 2 atom stereocenters. The van der Waals surface area contributed by atoms with E-state index >= 15 is 0 Å². The lowest BCUT2D eigenvalue weighted by Gasteiger charge is -2.42. The van der Waals surface area contributed by atoms with Crippen molar-refractivity contribution in [3.63, 3.8) is 0 Å². The number of likely N-dealkylation sites (tertiary alicyclic amines) is 1. The normalized spacial score (nSPS) is 17.8. The van der Waals surface area contributed by atoms with Crippen molar-refractivity contribution in [2.24, 2.45) is 11.0 Å². The first kappa shape index (κ1) is 29.5. The Hall–Kier alpha value is -3.99. The first-order valence-electron chi connectivity index (χ1n) is 13.5. The molecule has 0 aliphatic carbocycles. The zero-order valence-electron chi connectivity index (χ0n) is 23.2. The maximum absolute atomic E-state index is 12.7. The summed E-state index contributed by atoms with van der Waals surface area (Å²) >= 11 is 7.78. The topological polar surface area (TPSA) is 113 Å². The van der Waals surface area contributed by atoms with Crippen LogP contribution in [0.4, 0.5) is 0 Å². The number of benzene rings is 2.